The molecule has 0 aliphatic carbocycles. The molecule has 0 spiro atoms. The smallest absolute Gasteiger partial charge is 0.237 e. The van der Waals surface area contributed by atoms with Crippen molar-refractivity contribution in [3.8, 4) is 0 Å². The summed E-state index contributed by atoms with van der Waals surface area (Å²) >= 11 is 0. The van der Waals surface area contributed by atoms with Crippen molar-refractivity contribution in [1.82, 2.24) is 9.84 Å². The summed E-state index contributed by atoms with van der Waals surface area (Å²) in [5, 5.41) is 0. The summed E-state index contributed by atoms with van der Waals surface area (Å²) in [5.41, 5.74) is 3.81. The molecule has 0 radical (unpaired) electrons. The molecule has 2 heterocycles. The van der Waals surface area contributed by atoms with Crippen LogP contribution in [0.5, 0.6) is 0 Å². The van der Waals surface area contributed by atoms with Gasteiger partial charge in [0.15, 0.2) is 19.7 Å². The Morgan fingerprint density at radius 2 is 1.59 bits per heavy atom. The van der Waals surface area contributed by atoms with Crippen molar-refractivity contribution in [3.05, 3.63) is 29.8 Å². The van der Waals surface area contributed by atoms with Gasteiger partial charge in [0.1, 0.15) is 0 Å². The van der Waals surface area contributed by atoms with E-state index in [1.165, 1.54) is 12.1 Å². The number of aryl methyl sites for hydroxylation is 1. The predicted octanol–water partition coefficient (Wildman–Crippen LogP) is 0.119. The number of hydrogen-bond acceptors (Lipinski definition) is 7. The zero-order valence-corrected chi connectivity index (χ0v) is 17.5. The van der Waals surface area contributed by atoms with Gasteiger partial charge in [0.05, 0.1) is 33.9 Å². The minimum atomic E-state index is -4.02. The van der Waals surface area contributed by atoms with Crippen LogP contribution in [0.3, 0.4) is 0 Å². The van der Waals surface area contributed by atoms with E-state index in [4.69, 9.17) is 0 Å². The zero-order valence-electron chi connectivity index (χ0n) is 15.0. The van der Waals surface area contributed by atoms with E-state index in [-0.39, 0.29) is 34.3 Å². The van der Waals surface area contributed by atoms with Crippen molar-refractivity contribution in [2.24, 2.45) is 0 Å². The van der Waals surface area contributed by atoms with Gasteiger partial charge in [-0.05, 0) is 37.0 Å². The molecule has 0 unspecified atom stereocenters. The van der Waals surface area contributed by atoms with E-state index in [2.05, 4.69) is 5.43 Å². The Morgan fingerprint density at radius 3 is 2.07 bits per heavy atom. The van der Waals surface area contributed by atoms with Crippen molar-refractivity contribution < 1.29 is 25.3 Å². The van der Waals surface area contributed by atoms with Gasteiger partial charge in [0, 0.05) is 6.04 Å². The van der Waals surface area contributed by atoms with Gasteiger partial charge in [-0.3, -0.25) is 0 Å². The lowest BCUT2D eigenvalue weighted by Gasteiger charge is -2.30. The Morgan fingerprint density at radius 1 is 1.00 bits per heavy atom. The molecule has 0 bridgehead atoms. The SMILES string of the molecule is CCc1ccc(S(=O)(=O)N(N[C@@H]2CCS(=O)(=O)C2)[C@H]2CCS(=O)(=O)C2)cc1. The van der Waals surface area contributed by atoms with Crippen molar-refractivity contribution >= 4 is 29.7 Å². The van der Waals surface area contributed by atoms with Crippen molar-refractivity contribution in [2.75, 3.05) is 23.0 Å². The van der Waals surface area contributed by atoms with Gasteiger partial charge in [0.25, 0.3) is 10.0 Å². The van der Waals surface area contributed by atoms with Crippen LogP contribution in [0.15, 0.2) is 29.2 Å². The highest BCUT2D eigenvalue weighted by Gasteiger charge is 2.41. The zero-order chi connectivity index (χ0) is 19.9. The summed E-state index contributed by atoms with van der Waals surface area (Å²) < 4.78 is 74.6. The Labute approximate surface area is 160 Å². The fourth-order valence-corrected chi connectivity index (χ4v) is 8.45. The van der Waals surface area contributed by atoms with Crippen LogP contribution in [-0.4, -0.2) is 64.8 Å². The Hall–Kier alpha value is -1.01. The highest BCUT2D eigenvalue weighted by molar-refractivity contribution is 7.92. The average Bonchev–Trinajstić information content (AvgIpc) is 3.13. The van der Waals surface area contributed by atoms with E-state index < -0.39 is 41.8 Å². The Bertz CT molecular complexity index is 1000. The highest BCUT2D eigenvalue weighted by atomic mass is 32.2. The fraction of sp³-hybridized carbons (Fsp3) is 0.625. The number of sulfone groups is 2. The van der Waals surface area contributed by atoms with Crippen LogP contribution < -0.4 is 5.43 Å². The van der Waals surface area contributed by atoms with Gasteiger partial charge in [-0.25, -0.2) is 30.7 Å². The lowest BCUT2D eigenvalue weighted by atomic mass is 10.2. The second kappa shape index (κ2) is 7.43. The Balaban J connectivity index is 1.92. The maximum absolute atomic E-state index is 13.2. The van der Waals surface area contributed by atoms with Crippen molar-refractivity contribution in [1.29, 1.82) is 0 Å². The first-order chi connectivity index (χ1) is 12.5. The molecule has 1 N–H and O–H groups in total. The van der Waals surface area contributed by atoms with Gasteiger partial charge in [-0.1, -0.05) is 19.1 Å². The normalized spacial score (nSPS) is 27.2. The van der Waals surface area contributed by atoms with Crippen LogP contribution in [0, 0.1) is 0 Å². The molecule has 1 aromatic carbocycles. The minimum Gasteiger partial charge on any atom is -0.237 e. The second-order valence-electron chi connectivity index (χ2n) is 7.08. The van der Waals surface area contributed by atoms with Crippen LogP contribution in [0.1, 0.15) is 25.3 Å². The summed E-state index contributed by atoms with van der Waals surface area (Å²) in [5.74, 6) is -0.519. The molecule has 0 saturated carbocycles. The average molecular weight is 437 g/mol. The molecule has 11 heteroatoms. The second-order valence-corrected chi connectivity index (χ2v) is 13.4. The standard InChI is InChI=1S/C16H24N2O6S3/c1-2-13-3-5-16(6-4-13)27(23,24)18(15-8-10-26(21,22)12-15)17-14-7-9-25(19,20)11-14/h3-6,14-15,17H,2,7-12H2,1H3/t14-,15+/m1/s1. The molecule has 8 nitrogen and oxygen atoms in total. The topological polar surface area (TPSA) is 118 Å². The molecule has 2 aliphatic heterocycles. The van der Waals surface area contributed by atoms with Crippen LogP contribution >= 0.6 is 0 Å². The quantitative estimate of drug-likeness (QED) is 0.629. The van der Waals surface area contributed by atoms with E-state index in [0.717, 1.165) is 16.4 Å². The molecule has 1 aromatic rings. The molecular weight excluding hydrogens is 412 g/mol. The predicted molar refractivity (Wildman–Crippen MR) is 102 cm³/mol. The largest absolute Gasteiger partial charge is 0.256 e. The first-order valence-electron chi connectivity index (χ1n) is 8.83. The lowest BCUT2D eigenvalue weighted by Crippen LogP contribution is -2.54. The van der Waals surface area contributed by atoms with E-state index in [1.807, 2.05) is 6.92 Å². The number of rotatable bonds is 6. The maximum atomic E-state index is 13.2. The first-order valence-corrected chi connectivity index (χ1v) is 13.9. The third-order valence-corrected chi connectivity index (χ3v) is 10.3. The van der Waals surface area contributed by atoms with Crippen LogP contribution in [-0.2, 0) is 36.1 Å². The molecule has 152 valence electrons. The lowest BCUT2D eigenvalue weighted by molar-refractivity contribution is 0.229. The molecule has 27 heavy (non-hydrogen) atoms. The van der Waals surface area contributed by atoms with Gasteiger partial charge >= 0.3 is 0 Å². The van der Waals surface area contributed by atoms with Gasteiger partial charge in [-0.15, -0.1) is 4.41 Å². The maximum Gasteiger partial charge on any atom is 0.256 e. The monoisotopic (exact) mass is 436 g/mol. The van der Waals surface area contributed by atoms with Gasteiger partial charge < -0.3 is 0 Å². The third kappa shape index (κ3) is 4.70. The number of nitrogens with one attached hydrogen (secondary N) is 1. The summed E-state index contributed by atoms with van der Waals surface area (Å²) in [6.45, 7) is 1.96. The minimum absolute atomic E-state index is 0.00723. The highest BCUT2D eigenvalue weighted by Crippen LogP contribution is 2.25. The van der Waals surface area contributed by atoms with Crippen molar-refractivity contribution in [2.45, 2.75) is 43.2 Å². The van der Waals surface area contributed by atoms with Gasteiger partial charge in [0.2, 0.25) is 0 Å². The number of hydrogen-bond donors (Lipinski definition) is 1. The number of hydrazine groups is 1. The van der Waals surface area contributed by atoms with E-state index in [9.17, 15) is 25.3 Å². The van der Waals surface area contributed by atoms with Crippen molar-refractivity contribution in [3.63, 3.8) is 0 Å². The first kappa shape index (κ1) is 20.7. The summed E-state index contributed by atoms with van der Waals surface area (Å²) in [4.78, 5) is 0.0531. The number of sulfonamides is 1. The van der Waals surface area contributed by atoms with Crippen LogP contribution in [0.2, 0.25) is 0 Å². The Kier molecular flexibility index (Phi) is 5.70. The molecule has 0 amide bonds. The van der Waals surface area contributed by atoms with Crippen LogP contribution in [0.25, 0.3) is 0 Å². The fourth-order valence-electron chi connectivity index (χ4n) is 3.42. The third-order valence-electron chi connectivity index (χ3n) is 4.97. The molecule has 3 rings (SSSR count). The molecule has 2 saturated heterocycles. The molecular formula is C16H24N2O6S3. The van der Waals surface area contributed by atoms with Gasteiger partial charge in [-0.2, -0.15) is 0 Å². The summed E-state index contributed by atoms with van der Waals surface area (Å²) in [6, 6.07) is 5.12. The van der Waals surface area contributed by atoms with E-state index in [1.54, 1.807) is 12.1 Å². The summed E-state index contributed by atoms with van der Waals surface area (Å²) in [6.07, 6.45) is 1.24. The van der Waals surface area contributed by atoms with E-state index in [0.29, 0.717) is 6.42 Å². The number of nitrogens with zero attached hydrogens (tertiary/aromatic N) is 1. The molecule has 0 aromatic heterocycles. The van der Waals surface area contributed by atoms with Crippen LogP contribution in [0.4, 0.5) is 0 Å². The molecule has 2 fully saturated rings. The van der Waals surface area contributed by atoms with E-state index >= 15 is 0 Å². The molecule has 2 atom stereocenters. The summed E-state index contributed by atoms with van der Waals surface area (Å²) in [7, 11) is -10.5. The molecule has 2 aliphatic rings. The number of benzene rings is 1.